The van der Waals surface area contributed by atoms with Gasteiger partial charge in [0.05, 0.1) is 25.9 Å². The van der Waals surface area contributed by atoms with Gasteiger partial charge in [-0.05, 0) is 25.3 Å². The molecule has 1 unspecified atom stereocenters. The van der Waals surface area contributed by atoms with Gasteiger partial charge in [0.2, 0.25) is 5.41 Å². The quantitative estimate of drug-likeness (QED) is 0.432. The molecule has 0 spiro atoms. The summed E-state index contributed by atoms with van der Waals surface area (Å²) < 4.78 is 15.7. The lowest BCUT2D eigenvalue weighted by Crippen LogP contribution is -2.50. The first-order valence-electron chi connectivity index (χ1n) is 6.57. The molecule has 108 valence electrons. The summed E-state index contributed by atoms with van der Waals surface area (Å²) in [7, 11) is 0. The fraction of sp³-hybridized carbons (Fsp3) is 0.714. The van der Waals surface area contributed by atoms with Gasteiger partial charge < -0.3 is 14.2 Å². The van der Waals surface area contributed by atoms with Crippen molar-refractivity contribution in [3.05, 3.63) is 12.2 Å². The highest BCUT2D eigenvalue weighted by Crippen LogP contribution is 2.44. The van der Waals surface area contributed by atoms with Crippen LogP contribution in [0.3, 0.4) is 0 Å². The second-order valence-electron chi connectivity index (χ2n) is 4.83. The highest BCUT2D eigenvalue weighted by molar-refractivity contribution is 6.05. The second-order valence-corrected chi connectivity index (χ2v) is 4.83. The summed E-state index contributed by atoms with van der Waals surface area (Å²) in [6.07, 6.45) is -0.599. The van der Waals surface area contributed by atoms with Crippen molar-refractivity contribution in [3.8, 4) is 0 Å². The van der Waals surface area contributed by atoms with Crippen molar-refractivity contribution in [2.24, 2.45) is 11.3 Å². The highest BCUT2D eigenvalue weighted by Gasteiger charge is 2.62. The van der Waals surface area contributed by atoms with E-state index in [4.69, 9.17) is 14.2 Å². The molecule has 0 aromatic carbocycles. The van der Waals surface area contributed by atoms with Crippen LogP contribution in [-0.2, 0) is 23.8 Å². The zero-order valence-electron chi connectivity index (χ0n) is 12.0. The summed E-state index contributed by atoms with van der Waals surface area (Å²) in [6.45, 7) is 11.5. The van der Waals surface area contributed by atoms with Gasteiger partial charge in [0.25, 0.3) is 0 Å². The third-order valence-corrected chi connectivity index (χ3v) is 3.22. The molecule has 1 atom stereocenters. The van der Waals surface area contributed by atoms with E-state index in [9.17, 15) is 9.59 Å². The Hall–Kier alpha value is -1.36. The summed E-state index contributed by atoms with van der Waals surface area (Å²) in [5.74, 6) is -1.29. The van der Waals surface area contributed by atoms with Crippen LogP contribution in [0.1, 0.15) is 27.7 Å². The van der Waals surface area contributed by atoms with E-state index in [0.29, 0.717) is 5.57 Å². The van der Waals surface area contributed by atoms with Crippen LogP contribution >= 0.6 is 0 Å². The predicted molar refractivity (Wildman–Crippen MR) is 69.4 cm³/mol. The van der Waals surface area contributed by atoms with E-state index in [1.807, 2.05) is 13.8 Å². The number of rotatable bonds is 5. The van der Waals surface area contributed by atoms with Crippen molar-refractivity contribution in [1.29, 1.82) is 0 Å². The van der Waals surface area contributed by atoms with Gasteiger partial charge in [0.1, 0.15) is 0 Å². The maximum Gasteiger partial charge on any atom is 0.330 e. The topological polar surface area (TPSA) is 61.8 Å². The van der Waals surface area contributed by atoms with E-state index in [-0.39, 0.29) is 25.7 Å². The van der Waals surface area contributed by atoms with Gasteiger partial charge in [-0.25, -0.2) is 0 Å². The normalized spacial score (nSPS) is 21.5. The molecule has 0 bridgehead atoms. The maximum atomic E-state index is 12.3. The van der Waals surface area contributed by atoms with Crippen molar-refractivity contribution < 1.29 is 23.8 Å². The molecule has 1 rings (SSSR count). The fourth-order valence-corrected chi connectivity index (χ4v) is 2.42. The Bertz CT molecular complexity index is 354. The van der Waals surface area contributed by atoms with E-state index in [1.54, 1.807) is 13.8 Å². The monoisotopic (exact) mass is 270 g/mol. The molecule has 5 nitrogen and oxygen atoms in total. The number of hydrogen-bond donors (Lipinski definition) is 0. The van der Waals surface area contributed by atoms with Crippen LogP contribution in [-0.4, -0.2) is 37.9 Å². The summed E-state index contributed by atoms with van der Waals surface area (Å²) >= 11 is 0. The molecule has 1 fully saturated rings. The van der Waals surface area contributed by atoms with E-state index >= 15 is 0 Å². The molecule has 19 heavy (non-hydrogen) atoms. The second kappa shape index (κ2) is 6.19. The summed E-state index contributed by atoms with van der Waals surface area (Å²) in [6, 6.07) is 0. The first-order valence-corrected chi connectivity index (χ1v) is 6.57. The Morgan fingerprint density at radius 3 is 2.16 bits per heavy atom. The molecule has 0 aliphatic carbocycles. The van der Waals surface area contributed by atoms with Crippen LogP contribution in [0.15, 0.2) is 12.2 Å². The summed E-state index contributed by atoms with van der Waals surface area (Å²) in [5.41, 5.74) is -1.12. The first-order chi connectivity index (χ1) is 8.92. The van der Waals surface area contributed by atoms with Gasteiger partial charge in [-0.15, -0.1) is 0 Å². The predicted octanol–water partition coefficient (Wildman–Crippen LogP) is 1.71. The Labute approximate surface area is 113 Å². The van der Waals surface area contributed by atoms with Crippen molar-refractivity contribution in [1.82, 2.24) is 0 Å². The molecular formula is C14H22O5. The number of carbonyl (C=O) groups excluding carboxylic acids is 2. The lowest BCUT2D eigenvalue weighted by molar-refractivity contribution is -0.175. The number of esters is 2. The molecule has 0 saturated carbocycles. The largest absolute Gasteiger partial charge is 0.465 e. The Morgan fingerprint density at radius 1 is 1.32 bits per heavy atom. The van der Waals surface area contributed by atoms with Crippen molar-refractivity contribution >= 4 is 11.9 Å². The number of ether oxygens (including phenoxy) is 3. The lowest BCUT2D eigenvalue weighted by atomic mass is 9.74. The Kier molecular flexibility index (Phi) is 5.11. The number of carbonyl (C=O) groups is 2. The van der Waals surface area contributed by atoms with Crippen molar-refractivity contribution in [3.63, 3.8) is 0 Å². The van der Waals surface area contributed by atoms with Gasteiger partial charge in [0, 0.05) is 0 Å². The van der Waals surface area contributed by atoms with Crippen LogP contribution < -0.4 is 0 Å². The summed E-state index contributed by atoms with van der Waals surface area (Å²) in [5, 5.41) is 0. The first kappa shape index (κ1) is 15.7. The third-order valence-electron chi connectivity index (χ3n) is 3.22. The molecule has 0 aromatic rings. The molecule has 1 aliphatic heterocycles. The van der Waals surface area contributed by atoms with Crippen molar-refractivity contribution in [2.45, 2.75) is 33.8 Å². The molecule has 1 aliphatic rings. The van der Waals surface area contributed by atoms with Crippen LogP contribution in [0.5, 0.6) is 0 Å². The van der Waals surface area contributed by atoms with Crippen LogP contribution in [0.25, 0.3) is 0 Å². The highest BCUT2D eigenvalue weighted by atomic mass is 16.6. The van der Waals surface area contributed by atoms with Crippen LogP contribution in [0.4, 0.5) is 0 Å². The molecule has 1 saturated heterocycles. The Morgan fingerprint density at radius 2 is 1.79 bits per heavy atom. The maximum absolute atomic E-state index is 12.3. The summed E-state index contributed by atoms with van der Waals surface area (Å²) in [4.78, 5) is 24.7. The van der Waals surface area contributed by atoms with Gasteiger partial charge in [-0.3, -0.25) is 9.59 Å². The zero-order valence-corrected chi connectivity index (χ0v) is 12.0. The van der Waals surface area contributed by atoms with Gasteiger partial charge >= 0.3 is 11.9 Å². The van der Waals surface area contributed by atoms with Gasteiger partial charge in [0.15, 0.2) is 0 Å². The smallest absolute Gasteiger partial charge is 0.330 e. The zero-order chi connectivity index (χ0) is 14.6. The molecule has 0 radical (unpaired) electrons. The molecule has 0 amide bonds. The fourth-order valence-electron chi connectivity index (χ4n) is 2.42. The molecule has 5 heteroatoms. The third kappa shape index (κ3) is 2.52. The minimum atomic E-state index is -1.53. The van der Waals surface area contributed by atoms with Crippen LogP contribution in [0, 0.1) is 11.3 Å². The van der Waals surface area contributed by atoms with E-state index in [0.717, 1.165) is 0 Å². The SMILES string of the molecule is C=C1COC(C(C)C)C1(C(=O)OCC)C(=O)OCC. The Balaban J connectivity index is 3.26. The van der Waals surface area contributed by atoms with E-state index < -0.39 is 23.5 Å². The van der Waals surface area contributed by atoms with Crippen LogP contribution in [0.2, 0.25) is 0 Å². The van der Waals surface area contributed by atoms with Crippen molar-refractivity contribution in [2.75, 3.05) is 19.8 Å². The molecule has 1 heterocycles. The molecule has 0 aromatic heterocycles. The molecule has 0 N–H and O–H groups in total. The lowest BCUT2D eigenvalue weighted by Gasteiger charge is -2.32. The van der Waals surface area contributed by atoms with E-state index in [2.05, 4.69) is 6.58 Å². The van der Waals surface area contributed by atoms with E-state index in [1.165, 1.54) is 0 Å². The molecular weight excluding hydrogens is 248 g/mol. The standard InChI is InChI=1S/C14H22O5/c1-6-17-12(15)14(13(16)18-7-2)10(5)8-19-11(14)9(3)4/h9,11H,5-8H2,1-4H3. The average molecular weight is 270 g/mol. The minimum Gasteiger partial charge on any atom is -0.465 e. The van der Waals surface area contributed by atoms with Gasteiger partial charge in [-0.1, -0.05) is 20.4 Å². The van der Waals surface area contributed by atoms with Gasteiger partial charge in [-0.2, -0.15) is 0 Å². The average Bonchev–Trinajstić information content (AvgIpc) is 2.68. The number of hydrogen-bond acceptors (Lipinski definition) is 5. The minimum absolute atomic E-state index is 0.0342.